The Morgan fingerprint density at radius 2 is 1.90 bits per heavy atom. The van der Waals surface area contributed by atoms with Gasteiger partial charge in [0.1, 0.15) is 0 Å². The molecule has 2 rings (SSSR count). The first-order valence-electron chi connectivity index (χ1n) is 6.46. The molecule has 0 atom stereocenters. The Labute approximate surface area is 130 Å². The fraction of sp³-hybridized carbons (Fsp3) is 0.200. The van der Waals surface area contributed by atoms with E-state index in [-0.39, 0.29) is 11.4 Å². The van der Waals surface area contributed by atoms with Crippen molar-refractivity contribution in [2.45, 2.75) is 24.9 Å². The van der Waals surface area contributed by atoms with Crippen molar-refractivity contribution in [3.63, 3.8) is 0 Å². The smallest absolute Gasteiger partial charge is 0.241 e. The largest absolute Gasteiger partial charge is 0.326 e. The minimum Gasteiger partial charge on any atom is -0.326 e. The van der Waals surface area contributed by atoms with Crippen molar-refractivity contribution in [3.05, 3.63) is 64.2 Å². The van der Waals surface area contributed by atoms with E-state index >= 15 is 0 Å². The number of halogens is 1. The lowest BCUT2D eigenvalue weighted by molar-refractivity contribution is 0.580. The summed E-state index contributed by atoms with van der Waals surface area (Å²) in [4.78, 5) is 0.257. The predicted octanol–water partition coefficient (Wildman–Crippen LogP) is 2.59. The van der Waals surface area contributed by atoms with Crippen molar-refractivity contribution in [1.29, 1.82) is 0 Å². The Morgan fingerprint density at radius 3 is 2.57 bits per heavy atom. The van der Waals surface area contributed by atoms with Gasteiger partial charge < -0.3 is 5.73 Å². The summed E-state index contributed by atoms with van der Waals surface area (Å²) in [6.45, 7) is 2.25. The Morgan fingerprint density at radius 1 is 1.14 bits per heavy atom. The number of hydrogen-bond donors (Lipinski definition) is 2. The van der Waals surface area contributed by atoms with Gasteiger partial charge in [0.25, 0.3) is 0 Å². The topological polar surface area (TPSA) is 72.2 Å². The predicted molar refractivity (Wildman–Crippen MR) is 84.5 cm³/mol. The van der Waals surface area contributed by atoms with E-state index in [9.17, 15) is 8.42 Å². The summed E-state index contributed by atoms with van der Waals surface area (Å²) in [5.74, 6) is 0. The summed E-state index contributed by atoms with van der Waals surface area (Å²) < 4.78 is 27.4. The van der Waals surface area contributed by atoms with Gasteiger partial charge in [-0.25, -0.2) is 13.1 Å². The molecule has 0 heterocycles. The van der Waals surface area contributed by atoms with Crippen molar-refractivity contribution in [2.24, 2.45) is 5.73 Å². The summed E-state index contributed by atoms with van der Waals surface area (Å²) >= 11 is 5.89. The molecular weight excluding hydrogens is 308 g/mol. The highest BCUT2D eigenvalue weighted by Crippen LogP contribution is 2.18. The summed E-state index contributed by atoms with van der Waals surface area (Å²) in [7, 11) is -3.58. The summed E-state index contributed by atoms with van der Waals surface area (Å²) in [6.07, 6.45) is 0. The highest BCUT2D eigenvalue weighted by Gasteiger charge is 2.17. The van der Waals surface area contributed by atoms with Gasteiger partial charge >= 0.3 is 0 Å². The number of nitrogens with one attached hydrogen (secondary N) is 1. The molecule has 4 nitrogen and oxygen atoms in total. The molecule has 0 aliphatic heterocycles. The Bertz CT molecular complexity index is 745. The summed E-state index contributed by atoms with van der Waals surface area (Å²) in [6, 6.07) is 12.3. The first-order chi connectivity index (χ1) is 9.92. The molecular formula is C15H17ClN2O2S. The van der Waals surface area contributed by atoms with Crippen LogP contribution in [-0.4, -0.2) is 8.42 Å². The monoisotopic (exact) mass is 324 g/mol. The van der Waals surface area contributed by atoms with E-state index in [0.717, 1.165) is 11.1 Å². The van der Waals surface area contributed by atoms with Crippen molar-refractivity contribution in [3.8, 4) is 0 Å². The van der Waals surface area contributed by atoms with Crippen molar-refractivity contribution in [2.75, 3.05) is 0 Å². The first kappa shape index (κ1) is 16.0. The molecule has 0 aliphatic carbocycles. The normalized spacial score (nSPS) is 11.6. The minimum absolute atomic E-state index is 0.190. The molecule has 0 unspecified atom stereocenters. The third-order valence-corrected chi connectivity index (χ3v) is 4.91. The van der Waals surface area contributed by atoms with Crippen molar-refractivity contribution < 1.29 is 8.42 Å². The molecule has 0 radical (unpaired) electrons. The Kier molecular flexibility index (Phi) is 5.00. The number of rotatable bonds is 5. The van der Waals surface area contributed by atoms with Gasteiger partial charge in [0.2, 0.25) is 10.0 Å². The van der Waals surface area contributed by atoms with Gasteiger partial charge in [-0.2, -0.15) is 0 Å². The third kappa shape index (κ3) is 4.04. The zero-order chi connectivity index (χ0) is 15.5. The van der Waals surface area contributed by atoms with Crippen LogP contribution in [-0.2, 0) is 23.1 Å². The molecule has 6 heteroatoms. The van der Waals surface area contributed by atoms with Crippen molar-refractivity contribution >= 4 is 21.6 Å². The molecule has 0 fully saturated rings. The number of aryl methyl sites for hydroxylation is 1. The van der Waals surface area contributed by atoms with E-state index in [0.29, 0.717) is 17.1 Å². The fourth-order valence-corrected chi connectivity index (χ4v) is 3.49. The van der Waals surface area contributed by atoms with Crippen molar-refractivity contribution in [1.82, 2.24) is 4.72 Å². The second-order valence-electron chi connectivity index (χ2n) is 4.76. The highest BCUT2D eigenvalue weighted by atomic mass is 35.5. The molecule has 0 amide bonds. The maximum Gasteiger partial charge on any atom is 0.241 e. The van der Waals surface area contributed by atoms with Crippen LogP contribution in [0.15, 0.2) is 47.4 Å². The summed E-state index contributed by atoms with van der Waals surface area (Å²) in [5, 5.41) is 0.577. The maximum atomic E-state index is 12.4. The molecule has 0 aromatic heterocycles. The van der Waals surface area contributed by atoms with E-state index in [4.69, 9.17) is 17.3 Å². The number of hydrogen-bond acceptors (Lipinski definition) is 3. The molecule has 112 valence electrons. The highest BCUT2D eigenvalue weighted by molar-refractivity contribution is 7.89. The van der Waals surface area contributed by atoms with E-state index in [1.165, 1.54) is 0 Å². The lowest BCUT2D eigenvalue weighted by atomic mass is 10.1. The van der Waals surface area contributed by atoms with Crippen LogP contribution in [0.4, 0.5) is 0 Å². The lowest BCUT2D eigenvalue weighted by Gasteiger charge is -2.11. The van der Waals surface area contributed by atoms with E-state index in [1.54, 1.807) is 37.3 Å². The van der Waals surface area contributed by atoms with Crippen LogP contribution in [0.3, 0.4) is 0 Å². The van der Waals surface area contributed by atoms with E-state index in [2.05, 4.69) is 4.72 Å². The Balaban J connectivity index is 2.22. The number of sulfonamides is 1. The van der Waals surface area contributed by atoms with Crippen LogP contribution < -0.4 is 10.5 Å². The lowest BCUT2D eigenvalue weighted by Crippen LogP contribution is -2.24. The van der Waals surface area contributed by atoms with Gasteiger partial charge in [-0.1, -0.05) is 35.9 Å². The zero-order valence-electron chi connectivity index (χ0n) is 11.6. The first-order valence-corrected chi connectivity index (χ1v) is 8.32. The second kappa shape index (κ2) is 6.58. The second-order valence-corrected chi connectivity index (χ2v) is 6.93. The quantitative estimate of drug-likeness (QED) is 0.888. The molecule has 0 saturated heterocycles. The molecule has 2 aromatic carbocycles. The van der Waals surface area contributed by atoms with Crippen LogP contribution >= 0.6 is 11.6 Å². The van der Waals surface area contributed by atoms with Crippen LogP contribution in [0.25, 0.3) is 0 Å². The van der Waals surface area contributed by atoms with Crippen LogP contribution in [0, 0.1) is 6.92 Å². The van der Waals surface area contributed by atoms with Gasteiger partial charge in [0.05, 0.1) is 4.90 Å². The van der Waals surface area contributed by atoms with Crippen LogP contribution in [0.1, 0.15) is 16.7 Å². The number of benzene rings is 2. The van der Waals surface area contributed by atoms with Gasteiger partial charge in [0, 0.05) is 18.1 Å². The molecule has 21 heavy (non-hydrogen) atoms. The molecule has 3 N–H and O–H groups in total. The maximum absolute atomic E-state index is 12.4. The standard InChI is InChI=1S/C15H17ClN2O2S/c1-11-5-6-12(9-17)8-15(11)21(19,20)18-10-13-3-2-4-14(16)7-13/h2-8,18H,9-10,17H2,1H3. The average molecular weight is 325 g/mol. The van der Waals surface area contributed by atoms with Gasteiger partial charge in [-0.3, -0.25) is 0 Å². The molecule has 0 bridgehead atoms. The molecule has 0 saturated carbocycles. The van der Waals surface area contributed by atoms with Crippen LogP contribution in [0.2, 0.25) is 5.02 Å². The van der Waals surface area contributed by atoms with Gasteiger partial charge in [-0.15, -0.1) is 0 Å². The molecule has 2 aromatic rings. The van der Waals surface area contributed by atoms with E-state index in [1.807, 2.05) is 12.1 Å². The zero-order valence-corrected chi connectivity index (χ0v) is 13.2. The van der Waals surface area contributed by atoms with Gasteiger partial charge in [-0.05, 0) is 41.8 Å². The van der Waals surface area contributed by atoms with Gasteiger partial charge in [0.15, 0.2) is 0 Å². The Hall–Kier alpha value is -1.40. The SMILES string of the molecule is Cc1ccc(CN)cc1S(=O)(=O)NCc1cccc(Cl)c1. The minimum atomic E-state index is -3.58. The third-order valence-electron chi connectivity index (χ3n) is 3.13. The molecule has 0 spiro atoms. The average Bonchev–Trinajstić information content (AvgIpc) is 2.46. The van der Waals surface area contributed by atoms with E-state index < -0.39 is 10.0 Å². The molecule has 0 aliphatic rings. The fourth-order valence-electron chi connectivity index (χ4n) is 1.96. The number of nitrogens with two attached hydrogens (primary N) is 1. The van der Waals surface area contributed by atoms with Crippen LogP contribution in [0.5, 0.6) is 0 Å². The summed E-state index contributed by atoms with van der Waals surface area (Å²) in [5.41, 5.74) is 7.84.